The molecule has 1 aliphatic rings. The summed E-state index contributed by atoms with van der Waals surface area (Å²) in [5, 5.41) is 1.42. The van der Waals surface area contributed by atoms with Gasteiger partial charge in [-0.15, -0.1) is 0 Å². The summed E-state index contributed by atoms with van der Waals surface area (Å²) in [7, 11) is 1.80. The molecule has 4 aromatic rings. The minimum absolute atomic E-state index is 0.196. The highest BCUT2D eigenvalue weighted by Crippen LogP contribution is 2.32. The van der Waals surface area contributed by atoms with E-state index in [1.165, 1.54) is 11.0 Å². The first-order valence-electron chi connectivity index (χ1n) is 12.3. The number of likely N-dealkylation sites (N-methyl/N-ethyl adjacent to an activating group) is 1. The van der Waals surface area contributed by atoms with Crippen LogP contribution in [0.15, 0.2) is 78.6 Å². The van der Waals surface area contributed by atoms with E-state index in [1.54, 1.807) is 24.1 Å². The molecule has 0 radical (unpaired) electrons. The van der Waals surface area contributed by atoms with Gasteiger partial charge in [0.05, 0.1) is 24.4 Å². The summed E-state index contributed by atoms with van der Waals surface area (Å²) in [6, 6.07) is 20.3. The first-order chi connectivity index (χ1) is 17.9. The second-order valence-electron chi connectivity index (χ2n) is 8.91. The molecule has 188 valence electrons. The summed E-state index contributed by atoms with van der Waals surface area (Å²) in [5.74, 6) is 0.306. The van der Waals surface area contributed by atoms with Crippen molar-refractivity contribution in [3.8, 4) is 5.75 Å². The number of rotatable bonds is 7. The minimum atomic E-state index is -0.236. The lowest BCUT2D eigenvalue weighted by atomic mass is 10.1. The summed E-state index contributed by atoms with van der Waals surface area (Å²) in [5.41, 5.74) is 4.86. The standard InChI is InChI=1S/C30H28FN3O2S/c1-4-20-10-8-11-25-22(19-33(28(20)25)18-21-9-6-7-12-26(21)31)17-27-29(35)34(30(37)32(27)3)23-13-15-24(16-14-23)36-5-2/h6-17,19H,4-5,18H2,1-3H3/b27-17-. The molecule has 0 bridgehead atoms. The Balaban J connectivity index is 1.57. The number of ether oxygens (including phenoxy) is 1. The number of benzene rings is 3. The number of hydrogen-bond donors (Lipinski definition) is 0. The van der Waals surface area contributed by atoms with Crippen LogP contribution in [0.4, 0.5) is 10.1 Å². The van der Waals surface area contributed by atoms with Gasteiger partial charge in [-0.1, -0.05) is 43.3 Å². The zero-order valence-corrected chi connectivity index (χ0v) is 21.9. The largest absolute Gasteiger partial charge is 0.494 e. The molecule has 37 heavy (non-hydrogen) atoms. The van der Waals surface area contributed by atoms with Crippen LogP contribution in [0.3, 0.4) is 0 Å². The number of aryl methyl sites for hydroxylation is 1. The number of carbonyl (C=O) groups is 1. The van der Waals surface area contributed by atoms with Gasteiger partial charge in [0.1, 0.15) is 17.3 Å². The zero-order chi connectivity index (χ0) is 26.1. The monoisotopic (exact) mass is 513 g/mol. The van der Waals surface area contributed by atoms with Gasteiger partial charge in [-0.3, -0.25) is 9.69 Å². The van der Waals surface area contributed by atoms with Crippen LogP contribution >= 0.6 is 12.2 Å². The third-order valence-electron chi connectivity index (χ3n) is 6.65. The number of carbonyl (C=O) groups excluding carboxylic acids is 1. The van der Waals surface area contributed by atoms with Gasteiger partial charge in [0, 0.05) is 29.8 Å². The molecule has 3 aromatic carbocycles. The van der Waals surface area contributed by atoms with Crippen LogP contribution in [0, 0.1) is 5.82 Å². The zero-order valence-electron chi connectivity index (χ0n) is 21.1. The number of hydrogen-bond acceptors (Lipinski definition) is 3. The lowest BCUT2D eigenvalue weighted by Crippen LogP contribution is -2.31. The third kappa shape index (κ3) is 4.51. The Hall–Kier alpha value is -3.97. The molecular formula is C30H28FN3O2S. The van der Waals surface area contributed by atoms with Crippen LogP contribution in [-0.4, -0.2) is 34.1 Å². The summed E-state index contributed by atoms with van der Waals surface area (Å²) in [6.07, 6.45) is 4.71. The van der Waals surface area contributed by atoms with Gasteiger partial charge in [0.2, 0.25) is 0 Å². The quantitative estimate of drug-likeness (QED) is 0.212. The molecule has 0 aliphatic carbocycles. The van der Waals surface area contributed by atoms with E-state index in [-0.39, 0.29) is 11.7 Å². The number of para-hydroxylation sites is 1. The van der Waals surface area contributed by atoms with Crippen molar-refractivity contribution in [3.05, 3.63) is 101 Å². The number of halogens is 1. The molecule has 1 fully saturated rings. The van der Waals surface area contributed by atoms with E-state index in [9.17, 15) is 9.18 Å². The van der Waals surface area contributed by atoms with E-state index < -0.39 is 0 Å². The Labute approximate surface area is 221 Å². The third-order valence-corrected chi connectivity index (χ3v) is 7.11. The average Bonchev–Trinajstić information content (AvgIpc) is 3.36. The maximum Gasteiger partial charge on any atom is 0.281 e. The van der Waals surface area contributed by atoms with Crippen LogP contribution in [-0.2, 0) is 17.8 Å². The molecule has 0 N–H and O–H groups in total. The fourth-order valence-corrected chi connectivity index (χ4v) is 5.08. The highest BCUT2D eigenvalue weighted by molar-refractivity contribution is 7.80. The van der Waals surface area contributed by atoms with Gasteiger partial charge >= 0.3 is 0 Å². The van der Waals surface area contributed by atoms with Gasteiger partial charge in [-0.25, -0.2) is 4.39 Å². The van der Waals surface area contributed by atoms with Crippen LogP contribution in [0.5, 0.6) is 5.75 Å². The molecular weight excluding hydrogens is 485 g/mol. The maximum absolute atomic E-state index is 14.5. The van der Waals surface area contributed by atoms with Crippen molar-refractivity contribution in [1.82, 2.24) is 9.47 Å². The number of thiocarbonyl (C=S) groups is 1. The topological polar surface area (TPSA) is 37.7 Å². The lowest BCUT2D eigenvalue weighted by Gasteiger charge is -2.16. The molecule has 1 amide bonds. The molecule has 7 heteroatoms. The van der Waals surface area contributed by atoms with E-state index in [2.05, 4.69) is 17.6 Å². The Bertz CT molecular complexity index is 1520. The van der Waals surface area contributed by atoms with Gasteiger partial charge in [0.25, 0.3) is 5.91 Å². The van der Waals surface area contributed by atoms with Crippen molar-refractivity contribution >= 4 is 45.9 Å². The van der Waals surface area contributed by atoms with Crippen molar-refractivity contribution in [2.45, 2.75) is 26.8 Å². The first-order valence-corrected chi connectivity index (χ1v) is 12.7. The van der Waals surface area contributed by atoms with E-state index in [4.69, 9.17) is 17.0 Å². The first kappa shape index (κ1) is 24.7. The number of nitrogens with zero attached hydrogens (tertiary/aromatic N) is 3. The normalized spacial score (nSPS) is 14.9. The number of amides is 1. The SMILES string of the molecule is CCOc1ccc(N2C(=O)/C(=C/c3cn(Cc4ccccc4F)c4c(CC)cccc34)N(C)C2=S)cc1. The number of aromatic nitrogens is 1. The average molecular weight is 514 g/mol. The molecule has 1 saturated heterocycles. The second-order valence-corrected chi connectivity index (χ2v) is 9.27. The van der Waals surface area contributed by atoms with Crippen molar-refractivity contribution in [2.24, 2.45) is 0 Å². The van der Waals surface area contributed by atoms with Gasteiger partial charge < -0.3 is 14.2 Å². The minimum Gasteiger partial charge on any atom is -0.494 e. The lowest BCUT2D eigenvalue weighted by molar-refractivity contribution is -0.114. The van der Waals surface area contributed by atoms with Crippen molar-refractivity contribution in [3.63, 3.8) is 0 Å². The van der Waals surface area contributed by atoms with Crippen molar-refractivity contribution in [2.75, 3.05) is 18.6 Å². The second kappa shape index (κ2) is 10.2. The smallest absolute Gasteiger partial charge is 0.281 e. The van der Waals surface area contributed by atoms with Crippen LogP contribution in [0.25, 0.3) is 17.0 Å². The Morgan fingerprint density at radius 2 is 1.70 bits per heavy atom. The van der Waals surface area contributed by atoms with E-state index in [0.29, 0.717) is 35.2 Å². The summed E-state index contributed by atoms with van der Waals surface area (Å²) >= 11 is 5.65. The predicted molar refractivity (Wildman–Crippen MR) is 150 cm³/mol. The molecule has 1 aromatic heterocycles. The van der Waals surface area contributed by atoms with E-state index in [1.807, 2.05) is 61.7 Å². The van der Waals surface area contributed by atoms with Crippen LogP contribution < -0.4 is 9.64 Å². The molecule has 0 atom stereocenters. The fourth-order valence-electron chi connectivity index (χ4n) is 4.79. The Kier molecular flexibility index (Phi) is 6.80. The molecule has 5 rings (SSSR count). The number of fused-ring (bicyclic) bond motifs is 1. The highest BCUT2D eigenvalue weighted by atomic mass is 32.1. The predicted octanol–water partition coefficient (Wildman–Crippen LogP) is 6.39. The van der Waals surface area contributed by atoms with Crippen LogP contribution in [0.2, 0.25) is 0 Å². The van der Waals surface area contributed by atoms with E-state index >= 15 is 0 Å². The maximum atomic E-state index is 14.5. The highest BCUT2D eigenvalue weighted by Gasteiger charge is 2.37. The van der Waals surface area contributed by atoms with Gasteiger partial charge in [-0.05, 0) is 67.5 Å². The van der Waals surface area contributed by atoms with Gasteiger partial charge in [-0.2, -0.15) is 0 Å². The number of anilines is 1. The molecule has 1 aliphatic heterocycles. The van der Waals surface area contributed by atoms with Crippen molar-refractivity contribution < 1.29 is 13.9 Å². The Morgan fingerprint density at radius 3 is 2.41 bits per heavy atom. The van der Waals surface area contributed by atoms with Crippen molar-refractivity contribution in [1.29, 1.82) is 0 Å². The fraction of sp³-hybridized carbons (Fsp3) is 0.200. The van der Waals surface area contributed by atoms with E-state index in [0.717, 1.165) is 34.2 Å². The summed E-state index contributed by atoms with van der Waals surface area (Å²) < 4.78 is 22.1. The molecule has 0 saturated carbocycles. The Morgan fingerprint density at radius 1 is 0.973 bits per heavy atom. The van der Waals surface area contributed by atoms with Gasteiger partial charge in [0.15, 0.2) is 5.11 Å². The summed E-state index contributed by atoms with van der Waals surface area (Å²) in [6.45, 7) is 4.99. The molecule has 0 unspecified atom stereocenters. The molecule has 0 spiro atoms. The summed E-state index contributed by atoms with van der Waals surface area (Å²) in [4.78, 5) is 16.9. The van der Waals surface area contributed by atoms with Crippen LogP contribution in [0.1, 0.15) is 30.5 Å². The molecule has 2 heterocycles. The molecule has 5 nitrogen and oxygen atoms in total.